The number of morpholine rings is 1. The molecule has 0 spiro atoms. The van der Waals surface area contributed by atoms with Gasteiger partial charge in [0.1, 0.15) is 0 Å². The Bertz CT molecular complexity index is 350. The van der Waals surface area contributed by atoms with E-state index in [1.807, 2.05) is 11.8 Å². The van der Waals surface area contributed by atoms with Gasteiger partial charge in [-0.15, -0.1) is 0 Å². The number of carbonyl (C=O) groups is 1. The van der Waals surface area contributed by atoms with Gasteiger partial charge in [0, 0.05) is 32.1 Å². The molecule has 4 unspecified atom stereocenters. The van der Waals surface area contributed by atoms with Crippen molar-refractivity contribution >= 4 is 5.91 Å². The van der Waals surface area contributed by atoms with Gasteiger partial charge in [-0.25, -0.2) is 0 Å². The summed E-state index contributed by atoms with van der Waals surface area (Å²) >= 11 is 0. The summed E-state index contributed by atoms with van der Waals surface area (Å²) in [4.78, 5) is 16.4. The maximum atomic E-state index is 12.3. The van der Waals surface area contributed by atoms with E-state index in [9.17, 15) is 9.90 Å². The molecule has 0 radical (unpaired) electrons. The maximum Gasteiger partial charge on any atom is 0.236 e. The van der Waals surface area contributed by atoms with E-state index >= 15 is 0 Å². The molecule has 19 heavy (non-hydrogen) atoms. The van der Waals surface area contributed by atoms with Crippen LogP contribution in [0.2, 0.25) is 0 Å². The molecule has 0 aromatic rings. The van der Waals surface area contributed by atoms with Gasteiger partial charge in [-0.05, 0) is 25.7 Å². The van der Waals surface area contributed by atoms with Crippen molar-refractivity contribution in [2.45, 2.75) is 32.0 Å². The fourth-order valence-electron chi connectivity index (χ4n) is 3.79. The Morgan fingerprint density at radius 2 is 2.16 bits per heavy atom. The summed E-state index contributed by atoms with van der Waals surface area (Å²) in [5.41, 5.74) is 0. The second-order valence-electron chi connectivity index (χ2n) is 6.28. The first-order valence-corrected chi connectivity index (χ1v) is 7.43. The summed E-state index contributed by atoms with van der Waals surface area (Å²) in [5.74, 6) is 1.22. The van der Waals surface area contributed by atoms with Crippen LogP contribution < -0.4 is 0 Å². The number of rotatable bonds is 2. The molecule has 3 fully saturated rings. The van der Waals surface area contributed by atoms with E-state index in [2.05, 4.69) is 4.90 Å². The SMILES string of the molecule is CC1CN(C(=O)CN2CC3CCC(O)C3C2)CCO1. The van der Waals surface area contributed by atoms with Crippen molar-refractivity contribution in [1.82, 2.24) is 9.80 Å². The van der Waals surface area contributed by atoms with E-state index in [1.54, 1.807) is 0 Å². The summed E-state index contributed by atoms with van der Waals surface area (Å²) in [5, 5.41) is 9.90. The lowest BCUT2D eigenvalue weighted by molar-refractivity contribution is -0.139. The average Bonchev–Trinajstić information content (AvgIpc) is 2.92. The average molecular weight is 268 g/mol. The fourth-order valence-corrected chi connectivity index (χ4v) is 3.79. The molecule has 2 heterocycles. The monoisotopic (exact) mass is 268 g/mol. The van der Waals surface area contributed by atoms with Crippen LogP contribution in [-0.4, -0.2) is 72.4 Å². The van der Waals surface area contributed by atoms with Gasteiger partial charge >= 0.3 is 0 Å². The van der Waals surface area contributed by atoms with Crippen molar-refractivity contribution in [2.24, 2.45) is 11.8 Å². The first-order valence-electron chi connectivity index (χ1n) is 7.43. The van der Waals surface area contributed by atoms with E-state index in [1.165, 1.54) is 0 Å². The normalized spacial score (nSPS) is 39.6. The van der Waals surface area contributed by atoms with E-state index < -0.39 is 0 Å². The minimum atomic E-state index is -0.145. The quantitative estimate of drug-likeness (QED) is 0.762. The Kier molecular flexibility index (Phi) is 3.78. The van der Waals surface area contributed by atoms with Crippen LogP contribution in [0.4, 0.5) is 0 Å². The molecule has 0 aromatic heterocycles. The Labute approximate surface area is 114 Å². The summed E-state index contributed by atoms with van der Waals surface area (Å²) < 4.78 is 5.46. The first kappa shape index (κ1) is 13.3. The molecule has 4 atom stereocenters. The number of aliphatic hydroxyl groups excluding tert-OH is 1. The Hall–Kier alpha value is -0.650. The molecule has 0 bridgehead atoms. The van der Waals surface area contributed by atoms with Crippen LogP contribution in [0.1, 0.15) is 19.8 Å². The van der Waals surface area contributed by atoms with Crippen molar-refractivity contribution in [3.8, 4) is 0 Å². The lowest BCUT2D eigenvalue weighted by Gasteiger charge is -2.32. The minimum Gasteiger partial charge on any atom is -0.393 e. The molecule has 1 N–H and O–H groups in total. The van der Waals surface area contributed by atoms with Crippen LogP contribution in [0.25, 0.3) is 0 Å². The smallest absolute Gasteiger partial charge is 0.236 e. The molecule has 3 aliphatic rings. The van der Waals surface area contributed by atoms with Crippen molar-refractivity contribution in [2.75, 3.05) is 39.3 Å². The summed E-state index contributed by atoms with van der Waals surface area (Å²) in [6, 6.07) is 0. The molecule has 108 valence electrons. The predicted octanol–water partition coefficient (Wildman–Crippen LogP) is -0.0636. The standard InChI is InChI=1S/C14H24N2O3/c1-10-6-16(4-5-19-10)14(18)9-15-7-11-2-3-13(17)12(11)8-15/h10-13,17H,2-9H2,1H3. The number of likely N-dealkylation sites (tertiary alicyclic amines) is 1. The molecule has 1 amide bonds. The van der Waals surface area contributed by atoms with Crippen LogP contribution in [0.3, 0.4) is 0 Å². The molecule has 0 aromatic carbocycles. The molecule has 3 rings (SSSR count). The molecule has 5 heteroatoms. The van der Waals surface area contributed by atoms with Crippen LogP contribution >= 0.6 is 0 Å². The second-order valence-corrected chi connectivity index (χ2v) is 6.28. The van der Waals surface area contributed by atoms with Gasteiger partial charge in [0.05, 0.1) is 25.4 Å². The third kappa shape index (κ3) is 2.78. The van der Waals surface area contributed by atoms with Gasteiger partial charge in [-0.2, -0.15) is 0 Å². The van der Waals surface area contributed by atoms with Crippen LogP contribution in [0.5, 0.6) is 0 Å². The summed E-state index contributed by atoms with van der Waals surface area (Å²) in [6.45, 7) is 6.46. The number of aliphatic hydroxyl groups is 1. The van der Waals surface area contributed by atoms with Gasteiger partial charge < -0.3 is 14.7 Å². The lowest BCUT2D eigenvalue weighted by Crippen LogP contribution is -2.48. The second kappa shape index (κ2) is 5.38. The highest BCUT2D eigenvalue weighted by Crippen LogP contribution is 2.37. The lowest BCUT2D eigenvalue weighted by atomic mass is 10.00. The molecule has 1 saturated carbocycles. The van der Waals surface area contributed by atoms with Crippen molar-refractivity contribution < 1.29 is 14.6 Å². The number of nitrogens with zero attached hydrogens (tertiary/aromatic N) is 2. The van der Waals surface area contributed by atoms with Crippen LogP contribution in [0, 0.1) is 11.8 Å². The van der Waals surface area contributed by atoms with Crippen molar-refractivity contribution in [3.05, 3.63) is 0 Å². The minimum absolute atomic E-state index is 0.145. The van der Waals surface area contributed by atoms with Gasteiger partial charge in [0.15, 0.2) is 0 Å². The Morgan fingerprint density at radius 3 is 2.89 bits per heavy atom. The molecule has 2 saturated heterocycles. The highest BCUT2D eigenvalue weighted by Gasteiger charge is 2.42. The zero-order valence-electron chi connectivity index (χ0n) is 11.6. The fraction of sp³-hybridized carbons (Fsp3) is 0.929. The molecule has 2 aliphatic heterocycles. The predicted molar refractivity (Wildman–Crippen MR) is 70.7 cm³/mol. The van der Waals surface area contributed by atoms with Gasteiger partial charge in [-0.1, -0.05) is 0 Å². The zero-order valence-corrected chi connectivity index (χ0v) is 11.6. The molecular weight excluding hydrogens is 244 g/mol. The zero-order chi connectivity index (χ0) is 13.4. The topological polar surface area (TPSA) is 53.0 Å². The first-order chi connectivity index (χ1) is 9.13. The van der Waals surface area contributed by atoms with E-state index in [0.717, 1.165) is 25.9 Å². The number of hydrogen-bond acceptors (Lipinski definition) is 4. The van der Waals surface area contributed by atoms with Gasteiger partial charge in [0.25, 0.3) is 0 Å². The third-order valence-corrected chi connectivity index (χ3v) is 4.85. The van der Waals surface area contributed by atoms with E-state index in [4.69, 9.17) is 4.74 Å². The molecular formula is C14H24N2O3. The maximum absolute atomic E-state index is 12.3. The largest absolute Gasteiger partial charge is 0.393 e. The van der Waals surface area contributed by atoms with Gasteiger partial charge in [-0.3, -0.25) is 9.69 Å². The molecule has 1 aliphatic carbocycles. The third-order valence-electron chi connectivity index (χ3n) is 4.85. The number of hydrogen-bond donors (Lipinski definition) is 1. The van der Waals surface area contributed by atoms with Crippen LogP contribution in [0.15, 0.2) is 0 Å². The summed E-state index contributed by atoms with van der Waals surface area (Å²) in [7, 11) is 0. The Balaban J connectivity index is 1.50. The van der Waals surface area contributed by atoms with E-state index in [-0.39, 0.29) is 18.1 Å². The highest BCUT2D eigenvalue weighted by molar-refractivity contribution is 5.78. The van der Waals surface area contributed by atoms with Gasteiger partial charge in [0.2, 0.25) is 5.91 Å². The van der Waals surface area contributed by atoms with Crippen LogP contribution in [-0.2, 0) is 9.53 Å². The number of fused-ring (bicyclic) bond motifs is 1. The number of carbonyl (C=O) groups excluding carboxylic acids is 1. The highest BCUT2D eigenvalue weighted by atomic mass is 16.5. The molecule has 5 nitrogen and oxygen atoms in total. The van der Waals surface area contributed by atoms with Crippen molar-refractivity contribution in [1.29, 1.82) is 0 Å². The summed E-state index contributed by atoms with van der Waals surface area (Å²) in [6.07, 6.45) is 2.06. The van der Waals surface area contributed by atoms with Crippen molar-refractivity contribution in [3.63, 3.8) is 0 Å². The number of amides is 1. The Morgan fingerprint density at radius 1 is 1.32 bits per heavy atom. The van der Waals surface area contributed by atoms with E-state index in [0.29, 0.717) is 38.1 Å². The number of ether oxygens (including phenoxy) is 1.